The molecule has 6 heteroatoms. The maximum absolute atomic E-state index is 12.5. The van der Waals surface area contributed by atoms with Crippen LogP contribution in [0.2, 0.25) is 0 Å². The third-order valence-corrected chi connectivity index (χ3v) is 3.99. The van der Waals surface area contributed by atoms with Crippen LogP contribution in [-0.4, -0.2) is 26.9 Å². The number of hydrogen-bond donors (Lipinski definition) is 2. The second-order valence-electron chi connectivity index (χ2n) is 5.81. The first-order valence-corrected chi connectivity index (χ1v) is 7.88. The fourth-order valence-corrected chi connectivity index (χ4v) is 2.85. The zero-order valence-corrected chi connectivity index (χ0v) is 14.3. The molecule has 0 saturated heterocycles. The van der Waals surface area contributed by atoms with E-state index in [4.69, 9.17) is 0 Å². The molecule has 0 atom stereocenters. The van der Waals surface area contributed by atoms with E-state index in [0.717, 1.165) is 11.3 Å². The fraction of sp³-hybridized carbons (Fsp3) is 0.158. The summed E-state index contributed by atoms with van der Waals surface area (Å²) in [4.78, 5) is 27.1. The second kappa shape index (κ2) is 6.68. The molecule has 0 radical (unpaired) electrons. The first-order chi connectivity index (χ1) is 12.0. The van der Waals surface area contributed by atoms with Crippen LogP contribution in [-0.2, 0) is 0 Å². The third-order valence-electron chi connectivity index (χ3n) is 3.99. The quantitative estimate of drug-likeness (QED) is 0.714. The first kappa shape index (κ1) is 16.6. The van der Waals surface area contributed by atoms with E-state index in [0.29, 0.717) is 28.3 Å². The monoisotopic (exact) mass is 334 g/mol. The first-order valence-electron chi connectivity index (χ1n) is 7.88. The number of rotatable bonds is 4. The number of aryl methyl sites for hydroxylation is 1. The van der Waals surface area contributed by atoms with Crippen molar-refractivity contribution in [3.63, 3.8) is 0 Å². The number of H-pyrrole nitrogens is 1. The van der Waals surface area contributed by atoms with Crippen LogP contribution in [0.5, 0.6) is 0 Å². The van der Waals surface area contributed by atoms with E-state index in [-0.39, 0.29) is 11.7 Å². The summed E-state index contributed by atoms with van der Waals surface area (Å²) in [5.74, 6) is -0.0760. The van der Waals surface area contributed by atoms with E-state index in [1.165, 1.54) is 6.92 Å². The number of aromatic nitrogens is 3. The zero-order chi connectivity index (χ0) is 18.0. The number of nitrogens with zero attached hydrogens (tertiary/aromatic N) is 2. The molecule has 0 aliphatic heterocycles. The molecule has 1 aromatic carbocycles. The number of carbonyl (C=O) groups is 2. The number of Topliss-reactive ketones (excluding diaryl/α,β-unsaturated/α-hetero) is 1. The Morgan fingerprint density at radius 3 is 2.28 bits per heavy atom. The van der Waals surface area contributed by atoms with Crippen molar-refractivity contribution in [1.82, 2.24) is 15.2 Å². The molecule has 3 aromatic rings. The number of aromatic amines is 1. The van der Waals surface area contributed by atoms with Crippen LogP contribution in [0.3, 0.4) is 0 Å². The molecule has 25 heavy (non-hydrogen) atoms. The highest BCUT2D eigenvalue weighted by Crippen LogP contribution is 2.20. The van der Waals surface area contributed by atoms with Crippen LogP contribution in [0.1, 0.15) is 39.0 Å². The summed E-state index contributed by atoms with van der Waals surface area (Å²) in [7, 11) is 0. The van der Waals surface area contributed by atoms with Gasteiger partial charge in [-0.2, -0.15) is 0 Å². The molecular formula is C19H18N4O2. The van der Waals surface area contributed by atoms with Gasteiger partial charge in [-0.1, -0.05) is 30.3 Å². The fourth-order valence-electron chi connectivity index (χ4n) is 2.85. The van der Waals surface area contributed by atoms with Crippen molar-refractivity contribution < 1.29 is 9.59 Å². The van der Waals surface area contributed by atoms with Crippen LogP contribution in [0.25, 0.3) is 11.3 Å². The van der Waals surface area contributed by atoms with E-state index in [2.05, 4.69) is 20.5 Å². The van der Waals surface area contributed by atoms with E-state index in [1.54, 1.807) is 26.0 Å². The number of benzene rings is 1. The summed E-state index contributed by atoms with van der Waals surface area (Å²) in [6.45, 7) is 5.01. The normalized spacial score (nSPS) is 10.5. The van der Waals surface area contributed by atoms with Gasteiger partial charge in [0.2, 0.25) is 0 Å². The number of hydrogen-bond acceptors (Lipinski definition) is 4. The Hall–Kier alpha value is -3.28. The molecule has 0 spiro atoms. The largest absolute Gasteiger partial charge is 0.354 e. The lowest BCUT2D eigenvalue weighted by Crippen LogP contribution is -2.15. The summed E-state index contributed by atoms with van der Waals surface area (Å²) in [5, 5.41) is 10.9. The molecule has 2 aromatic heterocycles. The zero-order valence-electron chi connectivity index (χ0n) is 14.3. The maximum atomic E-state index is 12.5. The highest BCUT2D eigenvalue weighted by Gasteiger charge is 2.20. The molecule has 2 heterocycles. The van der Waals surface area contributed by atoms with Crippen molar-refractivity contribution in [2.24, 2.45) is 0 Å². The van der Waals surface area contributed by atoms with Crippen molar-refractivity contribution in [2.45, 2.75) is 20.8 Å². The molecule has 126 valence electrons. The standard InChI is InChI=1S/C19H18N4O2/c1-11-17(13(3)24)12(2)20-18(11)19(25)21-16-10-9-15(22-23-16)14-7-5-4-6-8-14/h4-10,20H,1-3H3,(H,21,23,25). The lowest BCUT2D eigenvalue weighted by molar-refractivity contribution is 0.101. The van der Waals surface area contributed by atoms with Gasteiger partial charge >= 0.3 is 0 Å². The third kappa shape index (κ3) is 3.33. The van der Waals surface area contributed by atoms with E-state index in [9.17, 15) is 9.59 Å². The highest BCUT2D eigenvalue weighted by atomic mass is 16.2. The maximum Gasteiger partial charge on any atom is 0.273 e. The molecule has 0 fully saturated rings. The van der Waals surface area contributed by atoms with Crippen LogP contribution in [0.4, 0.5) is 5.82 Å². The summed E-state index contributed by atoms with van der Waals surface area (Å²) in [6, 6.07) is 13.2. The van der Waals surface area contributed by atoms with Gasteiger partial charge in [-0.05, 0) is 38.5 Å². The van der Waals surface area contributed by atoms with Gasteiger partial charge in [0.05, 0.1) is 5.69 Å². The minimum absolute atomic E-state index is 0.0719. The Balaban J connectivity index is 1.80. The number of nitrogens with one attached hydrogen (secondary N) is 2. The summed E-state index contributed by atoms with van der Waals surface area (Å²) < 4.78 is 0. The molecule has 0 aliphatic rings. The SMILES string of the molecule is CC(=O)c1c(C)[nH]c(C(=O)Nc2ccc(-c3ccccc3)nn2)c1C. The summed E-state index contributed by atoms with van der Waals surface area (Å²) >= 11 is 0. The Labute approximate surface area is 145 Å². The number of amides is 1. The predicted molar refractivity (Wildman–Crippen MR) is 95.7 cm³/mol. The average Bonchev–Trinajstić information content (AvgIpc) is 2.91. The molecule has 0 bridgehead atoms. The Bertz CT molecular complexity index is 928. The molecule has 1 amide bonds. The Morgan fingerprint density at radius 2 is 1.72 bits per heavy atom. The van der Waals surface area contributed by atoms with Gasteiger partial charge in [0.25, 0.3) is 5.91 Å². The Morgan fingerprint density at radius 1 is 1.00 bits per heavy atom. The van der Waals surface area contributed by atoms with Crippen molar-refractivity contribution in [3.8, 4) is 11.3 Å². The van der Waals surface area contributed by atoms with E-state index in [1.807, 2.05) is 30.3 Å². The molecule has 0 aliphatic carbocycles. The van der Waals surface area contributed by atoms with Crippen molar-refractivity contribution in [1.29, 1.82) is 0 Å². The smallest absolute Gasteiger partial charge is 0.273 e. The average molecular weight is 334 g/mol. The number of ketones is 1. The summed E-state index contributed by atoms with van der Waals surface area (Å²) in [6.07, 6.45) is 0. The number of carbonyl (C=O) groups excluding carboxylic acids is 2. The van der Waals surface area contributed by atoms with Crippen LogP contribution in [0.15, 0.2) is 42.5 Å². The van der Waals surface area contributed by atoms with Crippen LogP contribution >= 0.6 is 0 Å². The molecule has 0 saturated carbocycles. The van der Waals surface area contributed by atoms with Gasteiger partial charge in [0.15, 0.2) is 11.6 Å². The van der Waals surface area contributed by atoms with Gasteiger partial charge in [-0.3, -0.25) is 9.59 Å². The number of anilines is 1. The van der Waals surface area contributed by atoms with Gasteiger partial charge in [-0.15, -0.1) is 10.2 Å². The van der Waals surface area contributed by atoms with Crippen LogP contribution < -0.4 is 5.32 Å². The molecule has 2 N–H and O–H groups in total. The minimum Gasteiger partial charge on any atom is -0.354 e. The highest BCUT2D eigenvalue weighted by molar-refractivity contribution is 6.07. The lowest BCUT2D eigenvalue weighted by atomic mass is 10.1. The van der Waals surface area contributed by atoms with Crippen molar-refractivity contribution in [2.75, 3.05) is 5.32 Å². The van der Waals surface area contributed by atoms with Gasteiger partial charge < -0.3 is 10.3 Å². The predicted octanol–water partition coefficient (Wildman–Crippen LogP) is 3.54. The summed E-state index contributed by atoms with van der Waals surface area (Å²) in [5.41, 5.74) is 3.91. The van der Waals surface area contributed by atoms with Gasteiger partial charge in [-0.25, -0.2) is 0 Å². The topological polar surface area (TPSA) is 87.7 Å². The van der Waals surface area contributed by atoms with Crippen LogP contribution in [0, 0.1) is 13.8 Å². The molecule has 6 nitrogen and oxygen atoms in total. The van der Waals surface area contributed by atoms with Gasteiger partial charge in [0.1, 0.15) is 5.69 Å². The van der Waals surface area contributed by atoms with Crippen molar-refractivity contribution >= 4 is 17.5 Å². The minimum atomic E-state index is -0.352. The molecule has 3 rings (SSSR count). The van der Waals surface area contributed by atoms with Crippen molar-refractivity contribution in [3.05, 3.63) is 65.0 Å². The second-order valence-corrected chi connectivity index (χ2v) is 5.81. The molecular weight excluding hydrogens is 316 g/mol. The lowest BCUT2D eigenvalue weighted by Gasteiger charge is -2.05. The Kier molecular flexibility index (Phi) is 4.43. The van der Waals surface area contributed by atoms with Gasteiger partial charge in [0, 0.05) is 16.8 Å². The van der Waals surface area contributed by atoms with E-state index < -0.39 is 0 Å². The van der Waals surface area contributed by atoms with E-state index >= 15 is 0 Å². The molecule has 0 unspecified atom stereocenters.